The second kappa shape index (κ2) is 5.53. The van der Waals surface area contributed by atoms with Crippen molar-refractivity contribution in [2.75, 3.05) is 0 Å². The lowest BCUT2D eigenvalue weighted by Crippen LogP contribution is -2.04. The fraction of sp³-hybridized carbons (Fsp3) is 0.133. The van der Waals surface area contributed by atoms with Crippen LogP contribution in [0.2, 0.25) is 0 Å². The first-order valence-corrected chi connectivity index (χ1v) is 6.22. The Balaban J connectivity index is 0.00000176. The van der Waals surface area contributed by atoms with Crippen molar-refractivity contribution in [2.45, 2.75) is 13.1 Å². The van der Waals surface area contributed by atoms with Crippen molar-refractivity contribution in [2.24, 2.45) is 0 Å². The van der Waals surface area contributed by atoms with Gasteiger partial charge in [0.25, 0.3) is 0 Å². The number of rotatable bonds is 1. The highest BCUT2D eigenvalue weighted by molar-refractivity contribution is 5.87. The van der Waals surface area contributed by atoms with Crippen LogP contribution in [0.3, 0.4) is 0 Å². The van der Waals surface area contributed by atoms with Crippen LogP contribution in [0.4, 0.5) is 13.2 Å². The minimum absolute atomic E-state index is 0. The molecule has 7 heteroatoms. The summed E-state index contributed by atoms with van der Waals surface area (Å²) in [4.78, 5) is 7.15. The van der Waals surface area contributed by atoms with Crippen molar-refractivity contribution in [3.8, 4) is 17.1 Å². The number of aromatic hydroxyl groups is 1. The van der Waals surface area contributed by atoms with Gasteiger partial charge in [0.15, 0.2) is 0 Å². The molecule has 0 bridgehead atoms. The third kappa shape index (κ3) is 2.74. The van der Waals surface area contributed by atoms with Crippen molar-refractivity contribution in [3.05, 3.63) is 47.5 Å². The van der Waals surface area contributed by atoms with Crippen molar-refractivity contribution in [3.63, 3.8) is 0 Å². The van der Waals surface area contributed by atoms with Gasteiger partial charge in [0.2, 0.25) is 0 Å². The first-order valence-electron chi connectivity index (χ1n) is 6.22. The van der Waals surface area contributed by atoms with Crippen LogP contribution in [-0.2, 0) is 6.18 Å². The van der Waals surface area contributed by atoms with E-state index in [0.29, 0.717) is 22.4 Å². The molecule has 0 saturated carbocycles. The second-order valence-corrected chi connectivity index (χ2v) is 4.79. The lowest BCUT2D eigenvalue weighted by Gasteiger charge is -2.07. The molecule has 0 aliphatic carbocycles. The van der Waals surface area contributed by atoms with E-state index in [1.54, 1.807) is 12.1 Å². The zero-order valence-corrected chi connectivity index (χ0v) is 12.2. The number of halogens is 4. The highest BCUT2D eigenvalue weighted by Crippen LogP contribution is 2.33. The number of nitrogens with zero attached hydrogens (tertiary/aromatic N) is 1. The minimum Gasteiger partial charge on any atom is -0.506 e. The third-order valence-corrected chi connectivity index (χ3v) is 3.29. The van der Waals surface area contributed by atoms with Crippen molar-refractivity contribution in [1.82, 2.24) is 9.97 Å². The van der Waals surface area contributed by atoms with Gasteiger partial charge in [0.05, 0.1) is 11.1 Å². The molecule has 0 amide bonds. The second-order valence-electron chi connectivity index (χ2n) is 4.79. The van der Waals surface area contributed by atoms with E-state index in [-0.39, 0.29) is 18.2 Å². The maximum Gasteiger partial charge on any atom is 0.416 e. The summed E-state index contributed by atoms with van der Waals surface area (Å²) >= 11 is 0. The van der Waals surface area contributed by atoms with Gasteiger partial charge in [-0.05, 0) is 30.7 Å². The number of aryl methyl sites for hydroxylation is 1. The molecule has 0 atom stereocenters. The lowest BCUT2D eigenvalue weighted by atomic mass is 10.1. The summed E-state index contributed by atoms with van der Waals surface area (Å²) in [7, 11) is 0. The number of phenols is 1. The molecule has 0 aliphatic heterocycles. The molecule has 0 radical (unpaired) electrons. The molecule has 116 valence electrons. The van der Waals surface area contributed by atoms with E-state index >= 15 is 0 Å². The first-order chi connectivity index (χ1) is 9.86. The molecule has 22 heavy (non-hydrogen) atoms. The highest BCUT2D eigenvalue weighted by atomic mass is 35.5. The standard InChI is InChI=1S/C15H11F3N2O.ClH/c1-8-5-6-11(21)13-12(8)19-14(20-13)9-3-2-4-10(7-9)15(16,17)18;/h2-7,21H,1H3,(H,19,20);1H. The van der Waals surface area contributed by atoms with E-state index in [9.17, 15) is 18.3 Å². The van der Waals surface area contributed by atoms with E-state index in [2.05, 4.69) is 9.97 Å². The van der Waals surface area contributed by atoms with Gasteiger partial charge in [0, 0.05) is 5.56 Å². The average molecular weight is 329 g/mol. The molecule has 1 heterocycles. The predicted octanol–water partition coefficient (Wildman–Crippen LogP) is 4.68. The van der Waals surface area contributed by atoms with Crippen molar-refractivity contribution < 1.29 is 18.3 Å². The maximum absolute atomic E-state index is 12.7. The van der Waals surface area contributed by atoms with Gasteiger partial charge in [-0.3, -0.25) is 0 Å². The van der Waals surface area contributed by atoms with Gasteiger partial charge >= 0.3 is 6.18 Å². The molecule has 0 spiro atoms. The number of alkyl halides is 3. The Bertz CT molecular complexity index is 788. The van der Waals surface area contributed by atoms with Crippen molar-refractivity contribution in [1.29, 1.82) is 0 Å². The zero-order valence-electron chi connectivity index (χ0n) is 11.4. The van der Waals surface area contributed by atoms with E-state index in [1.807, 2.05) is 6.92 Å². The van der Waals surface area contributed by atoms with Crippen LogP contribution in [0.5, 0.6) is 5.75 Å². The summed E-state index contributed by atoms with van der Waals surface area (Å²) in [6, 6.07) is 8.14. The largest absolute Gasteiger partial charge is 0.506 e. The van der Waals surface area contributed by atoms with Crippen LogP contribution in [-0.4, -0.2) is 15.1 Å². The summed E-state index contributed by atoms with van der Waals surface area (Å²) in [5, 5.41) is 9.79. The Labute approximate surface area is 130 Å². The fourth-order valence-corrected chi connectivity index (χ4v) is 2.19. The van der Waals surface area contributed by atoms with Crippen LogP contribution in [0, 0.1) is 6.92 Å². The number of benzene rings is 2. The van der Waals surface area contributed by atoms with E-state index in [4.69, 9.17) is 0 Å². The van der Waals surface area contributed by atoms with E-state index in [0.717, 1.165) is 17.7 Å². The summed E-state index contributed by atoms with van der Waals surface area (Å²) in [5.41, 5.74) is 1.38. The summed E-state index contributed by atoms with van der Waals surface area (Å²) in [5.74, 6) is 0.307. The monoisotopic (exact) mass is 328 g/mol. The normalized spacial score (nSPS) is 11.5. The number of hydrogen-bond donors (Lipinski definition) is 2. The Morgan fingerprint density at radius 2 is 1.86 bits per heavy atom. The Hall–Kier alpha value is -2.21. The third-order valence-electron chi connectivity index (χ3n) is 3.29. The summed E-state index contributed by atoms with van der Waals surface area (Å²) < 4.78 is 38.2. The number of hydrogen-bond acceptors (Lipinski definition) is 2. The van der Waals surface area contributed by atoms with E-state index in [1.165, 1.54) is 12.1 Å². The quantitative estimate of drug-likeness (QED) is 0.681. The number of fused-ring (bicyclic) bond motifs is 1. The first kappa shape index (κ1) is 16.2. The summed E-state index contributed by atoms with van der Waals surface area (Å²) in [6.45, 7) is 1.82. The van der Waals surface area contributed by atoms with Crippen LogP contribution >= 0.6 is 12.4 Å². The molecular weight excluding hydrogens is 317 g/mol. The SMILES string of the molecule is Cc1ccc(O)c2[nH]c(-c3cccc(C(F)(F)F)c3)nc12.Cl. The minimum atomic E-state index is -4.40. The topological polar surface area (TPSA) is 48.9 Å². The number of nitrogens with one attached hydrogen (secondary N) is 1. The van der Waals surface area contributed by atoms with E-state index < -0.39 is 11.7 Å². The molecule has 3 aromatic rings. The number of aromatic amines is 1. The van der Waals surface area contributed by atoms with Crippen LogP contribution in [0.25, 0.3) is 22.4 Å². The van der Waals surface area contributed by atoms with Gasteiger partial charge in [-0.15, -0.1) is 12.4 Å². The Kier molecular flexibility index (Phi) is 4.06. The molecular formula is C15H12ClF3N2O. The molecule has 0 aliphatic rings. The molecule has 0 fully saturated rings. The summed E-state index contributed by atoms with van der Waals surface area (Å²) in [6.07, 6.45) is -4.40. The molecule has 2 N–H and O–H groups in total. The molecule has 0 saturated heterocycles. The smallest absolute Gasteiger partial charge is 0.416 e. The highest BCUT2D eigenvalue weighted by Gasteiger charge is 2.30. The van der Waals surface area contributed by atoms with Gasteiger partial charge < -0.3 is 10.1 Å². The van der Waals surface area contributed by atoms with Gasteiger partial charge in [-0.1, -0.05) is 18.2 Å². The molecule has 3 nitrogen and oxygen atoms in total. The zero-order chi connectivity index (χ0) is 15.2. The molecule has 1 aromatic heterocycles. The number of phenolic OH excluding ortho intramolecular Hbond substituents is 1. The maximum atomic E-state index is 12.7. The average Bonchev–Trinajstić information content (AvgIpc) is 2.89. The Morgan fingerprint density at radius 3 is 2.50 bits per heavy atom. The van der Waals surface area contributed by atoms with Crippen LogP contribution in [0.15, 0.2) is 36.4 Å². The number of imidazole rings is 1. The molecule has 0 unspecified atom stereocenters. The van der Waals surface area contributed by atoms with Crippen LogP contribution in [0.1, 0.15) is 11.1 Å². The fourth-order valence-electron chi connectivity index (χ4n) is 2.19. The van der Waals surface area contributed by atoms with Crippen LogP contribution < -0.4 is 0 Å². The number of H-pyrrole nitrogens is 1. The van der Waals surface area contributed by atoms with Crippen molar-refractivity contribution >= 4 is 23.4 Å². The molecule has 3 rings (SSSR count). The van der Waals surface area contributed by atoms with Gasteiger partial charge in [-0.2, -0.15) is 13.2 Å². The van der Waals surface area contributed by atoms with Gasteiger partial charge in [0.1, 0.15) is 17.1 Å². The Morgan fingerprint density at radius 1 is 1.14 bits per heavy atom. The predicted molar refractivity (Wildman–Crippen MR) is 80.2 cm³/mol. The number of aromatic nitrogens is 2. The lowest BCUT2D eigenvalue weighted by molar-refractivity contribution is -0.137. The molecule has 2 aromatic carbocycles. The van der Waals surface area contributed by atoms with Gasteiger partial charge in [-0.25, -0.2) is 4.98 Å².